The first-order valence-corrected chi connectivity index (χ1v) is 6.97. The van der Waals surface area contributed by atoms with E-state index in [-0.39, 0.29) is 5.82 Å². The van der Waals surface area contributed by atoms with E-state index < -0.39 is 0 Å². The summed E-state index contributed by atoms with van der Waals surface area (Å²) < 4.78 is 16.4. The van der Waals surface area contributed by atoms with E-state index in [1.165, 1.54) is 6.07 Å². The number of anilines is 1. The summed E-state index contributed by atoms with van der Waals surface area (Å²) in [6, 6.07) is 9.16. The van der Waals surface area contributed by atoms with Gasteiger partial charge in [0, 0.05) is 10.5 Å². The fraction of sp³-hybridized carbons (Fsp3) is 0.133. The lowest BCUT2D eigenvalue weighted by Crippen LogP contribution is -2.01. The van der Waals surface area contributed by atoms with Crippen LogP contribution in [0.15, 0.2) is 34.8 Å². The summed E-state index contributed by atoms with van der Waals surface area (Å²) in [5, 5.41) is 0. The molecule has 20 heavy (non-hydrogen) atoms. The summed E-state index contributed by atoms with van der Waals surface area (Å²) in [5.41, 5.74) is 9.96. The SMILES string of the molecule is Cc1ccc(-n2c(N)nc3cc(F)c(C)cc32)c(Br)c1. The van der Waals surface area contributed by atoms with E-state index in [2.05, 4.69) is 20.9 Å². The van der Waals surface area contributed by atoms with Gasteiger partial charge < -0.3 is 5.73 Å². The van der Waals surface area contributed by atoms with Gasteiger partial charge in [0.2, 0.25) is 5.95 Å². The van der Waals surface area contributed by atoms with Gasteiger partial charge in [0.25, 0.3) is 0 Å². The third-order valence-electron chi connectivity index (χ3n) is 3.30. The molecule has 5 heteroatoms. The number of hydrogen-bond acceptors (Lipinski definition) is 2. The van der Waals surface area contributed by atoms with Crippen LogP contribution >= 0.6 is 15.9 Å². The minimum atomic E-state index is -0.273. The van der Waals surface area contributed by atoms with Crippen molar-refractivity contribution in [2.45, 2.75) is 13.8 Å². The van der Waals surface area contributed by atoms with Crippen LogP contribution in [0, 0.1) is 19.7 Å². The third kappa shape index (κ3) is 1.98. The topological polar surface area (TPSA) is 43.8 Å². The lowest BCUT2D eigenvalue weighted by atomic mass is 10.2. The molecule has 0 amide bonds. The van der Waals surface area contributed by atoms with Crippen LogP contribution in [0.4, 0.5) is 10.3 Å². The van der Waals surface area contributed by atoms with Gasteiger partial charge in [-0.25, -0.2) is 9.37 Å². The lowest BCUT2D eigenvalue weighted by Gasteiger charge is -2.10. The number of benzene rings is 2. The van der Waals surface area contributed by atoms with Crippen LogP contribution in [-0.2, 0) is 0 Å². The van der Waals surface area contributed by atoms with Crippen molar-refractivity contribution in [3.63, 3.8) is 0 Å². The monoisotopic (exact) mass is 333 g/mol. The highest BCUT2D eigenvalue weighted by molar-refractivity contribution is 9.10. The van der Waals surface area contributed by atoms with Gasteiger partial charge in [-0.3, -0.25) is 4.57 Å². The molecule has 0 saturated carbocycles. The smallest absolute Gasteiger partial charge is 0.205 e. The molecule has 3 aromatic rings. The van der Waals surface area contributed by atoms with Gasteiger partial charge in [-0.2, -0.15) is 0 Å². The highest BCUT2D eigenvalue weighted by atomic mass is 79.9. The molecule has 1 aromatic heterocycles. The molecular formula is C15H13BrFN3. The van der Waals surface area contributed by atoms with E-state index >= 15 is 0 Å². The zero-order valence-electron chi connectivity index (χ0n) is 11.1. The van der Waals surface area contributed by atoms with Crippen LogP contribution in [0.1, 0.15) is 11.1 Å². The Morgan fingerprint density at radius 2 is 1.95 bits per heavy atom. The Labute approximate surface area is 124 Å². The van der Waals surface area contributed by atoms with E-state index in [1.54, 1.807) is 13.0 Å². The number of halogens is 2. The average molecular weight is 334 g/mol. The molecule has 1 heterocycles. The van der Waals surface area contributed by atoms with Gasteiger partial charge >= 0.3 is 0 Å². The second kappa shape index (κ2) is 4.59. The van der Waals surface area contributed by atoms with Crippen LogP contribution in [0.2, 0.25) is 0 Å². The molecule has 0 aliphatic carbocycles. The Morgan fingerprint density at radius 1 is 1.20 bits per heavy atom. The van der Waals surface area contributed by atoms with Crippen LogP contribution in [0.25, 0.3) is 16.7 Å². The molecule has 0 atom stereocenters. The molecular weight excluding hydrogens is 321 g/mol. The Kier molecular flexibility index (Phi) is 3.01. The van der Waals surface area contributed by atoms with Gasteiger partial charge in [0.05, 0.1) is 16.7 Å². The van der Waals surface area contributed by atoms with E-state index in [1.807, 2.05) is 29.7 Å². The van der Waals surface area contributed by atoms with E-state index in [0.717, 1.165) is 21.2 Å². The molecule has 3 rings (SSSR count). The summed E-state index contributed by atoms with van der Waals surface area (Å²) in [5.74, 6) is 0.0691. The summed E-state index contributed by atoms with van der Waals surface area (Å²) in [6.45, 7) is 3.75. The van der Waals surface area contributed by atoms with Crippen molar-refractivity contribution < 1.29 is 4.39 Å². The van der Waals surface area contributed by atoms with Crippen molar-refractivity contribution in [3.05, 3.63) is 51.7 Å². The largest absolute Gasteiger partial charge is 0.369 e. The van der Waals surface area contributed by atoms with Crippen LogP contribution in [0.3, 0.4) is 0 Å². The zero-order chi connectivity index (χ0) is 14.4. The molecule has 2 aromatic carbocycles. The van der Waals surface area contributed by atoms with E-state index in [9.17, 15) is 4.39 Å². The maximum Gasteiger partial charge on any atom is 0.205 e. The molecule has 2 N–H and O–H groups in total. The highest BCUT2D eigenvalue weighted by Gasteiger charge is 2.14. The van der Waals surface area contributed by atoms with Crippen molar-refractivity contribution in [1.29, 1.82) is 0 Å². The minimum absolute atomic E-state index is 0.273. The molecule has 102 valence electrons. The number of rotatable bonds is 1. The van der Waals surface area contributed by atoms with Crippen LogP contribution in [-0.4, -0.2) is 9.55 Å². The molecule has 3 nitrogen and oxygen atoms in total. The van der Waals surface area contributed by atoms with Gasteiger partial charge in [-0.15, -0.1) is 0 Å². The van der Waals surface area contributed by atoms with Crippen LogP contribution < -0.4 is 5.73 Å². The predicted molar refractivity (Wildman–Crippen MR) is 82.6 cm³/mol. The molecule has 0 aliphatic heterocycles. The van der Waals surface area contributed by atoms with Crippen LogP contribution in [0.5, 0.6) is 0 Å². The maximum absolute atomic E-state index is 13.6. The Bertz CT molecular complexity index is 824. The Hall–Kier alpha value is -1.88. The zero-order valence-corrected chi connectivity index (χ0v) is 12.7. The minimum Gasteiger partial charge on any atom is -0.369 e. The molecule has 0 bridgehead atoms. The first-order chi connectivity index (χ1) is 9.47. The molecule has 0 fully saturated rings. The van der Waals surface area contributed by atoms with Crippen molar-refractivity contribution in [3.8, 4) is 5.69 Å². The van der Waals surface area contributed by atoms with Gasteiger partial charge in [0.1, 0.15) is 5.82 Å². The molecule has 0 saturated heterocycles. The van der Waals surface area contributed by atoms with Crippen molar-refractivity contribution in [2.75, 3.05) is 5.73 Å². The second-order valence-electron chi connectivity index (χ2n) is 4.85. The molecule has 0 radical (unpaired) electrons. The van der Waals surface area contributed by atoms with E-state index in [4.69, 9.17) is 5.73 Å². The quantitative estimate of drug-likeness (QED) is 0.727. The number of fused-ring (bicyclic) bond motifs is 1. The predicted octanol–water partition coefficient (Wildman–Crippen LogP) is 4.13. The van der Waals surface area contributed by atoms with Crippen molar-refractivity contribution in [2.24, 2.45) is 0 Å². The first-order valence-electron chi connectivity index (χ1n) is 6.18. The summed E-state index contributed by atoms with van der Waals surface area (Å²) >= 11 is 3.54. The number of hydrogen-bond donors (Lipinski definition) is 1. The van der Waals surface area contributed by atoms with Gasteiger partial charge in [-0.1, -0.05) is 6.07 Å². The third-order valence-corrected chi connectivity index (χ3v) is 3.94. The number of aromatic nitrogens is 2. The summed E-state index contributed by atoms with van der Waals surface area (Å²) in [7, 11) is 0. The first kappa shape index (κ1) is 13.1. The standard InChI is InChI=1S/C15H13BrFN3/c1-8-3-4-13(10(16)5-8)20-14-6-9(2)11(17)7-12(14)19-15(20)18/h3-7H,1-2H3,(H2,18,19). The van der Waals surface area contributed by atoms with Crippen molar-refractivity contribution in [1.82, 2.24) is 9.55 Å². The summed E-state index contributed by atoms with van der Waals surface area (Å²) in [6.07, 6.45) is 0. The number of nitrogens with two attached hydrogens (primary N) is 1. The Morgan fingerprint density at radius 3 is 2.65 bits per heavy atom. The van der Waals surface area contributed by atoms with Gasteiger partial charge in [-0.05, 0) is 59.1 Å². The van der Waals surface area contributed by atoms with Crippen molar-refractivity contribution >= 4 is 32.9 Å². The number of nitrogen functional groups attached to an aromatic ring is 1. The highest BCUT2D eigenvalue weighted by Crippen LogP contribution is 2.30. The molecule has 0 aliphatic rings. The fourth-order valence-electron chi connectivity index (χ4n) is 2.27. The fourth-order valence-corrected chi connectivity index (χ4v) is 2.94. The van der Waals surface area contributed by atoms with E-state index in [0.29, 0.717) is 17.0 Å². The molecule has 0 unspecified atom stereocenters. The maximum atomic E-state index is 13.6. The lowest BCUT2D eigenvalue weighted by molar-refractivity contribution is 0.620. The number of aryl methyl sites for hydroxylation is 2. The normalized spacial score (nSPS) is 11.2. The summed E-state index contributed by atoms with van der Waals surface area (Å²) in [4.78, 5) is 4.23. The average Bonchev–Trinajstić information content (AvgIpc) is 2.66. The number of nitrogens with zero attached hydrogens (tertiary/aromatic N) is 2. The van der Waals surface area contributed by atoms with Gasteiger partial charge in [0.15, 0.2) is 0 Å². The second-order valence-corrected chi connectivity index (χ2v) is 5.70. The number of imidazole rings is 1. The molecule has 0 spiro atoms. The Balaban J connectivity index is 2.35.